The van der Waals surface area contributed by atoms with E-state index >= 15 is 0 Å². The Morgan fingerprint density at radius 3 is 2.53 bits per heavy atom. The summed E-state index contributed by atoms with van der Waals surface area (Å²) in [7, 11) is 1.98. The zero-order chi connectivity index (χ0) is 26.0. The molecule has 0 saturated carbocycles. The number of nitrogens with zero attached hydrogens (tertiary/aromatic N) is 4. The van der Waals surface area contributed by atoms with Crippen molar-refractivity contribution in [3.8, 4) is 0 Å². The number of nitrogens with two attached hydrogens (primary N) is 1. The fourth-order valence-electron chi connectivity index (χ4n) is 4.87. The van der Waals surface area contributed by atoms with Gasteiger partial charge in [0, 0.05) is 57.6 Å². The second-order valence-electron chi connectivity index (χ2n) is 9.71. The van der Waals surface area contributed by atoms with E-state index in [1.54, 1.807) is 12.1 Å². The largest absolute Gasteiger partial charge is 0.416 e. The predicted molar refractivity (Wildman–Crippen MR) is 129 cm³/mol. The number of pyridine rings is 1. The molecule has 36 heavy (non-hydrogen) atoms. The highest BCUT2D eigenvalue weighted by atomic mass is 19.4. The molecular weight excluding hydrogens is 473 g/mol. The molecule has 4 rings (SSSR count). The van der Waals surface area contributed by atoms with Crippen molar-refractivity contribution in [3.63, 3.8) is 0 Å². The van der Waals surface area contributed by atoms with Crippen molar-refractivity contribution in [1.29, 1.82) is 0 Å². The first-order chi connectivity index (χ1) is 17.0. The lowest BCUT2D eigenvalue weighted by Gasteiger charge is -2.32. The monoisotopic (exact) mass is 504 g/mol. The van der Waals surface area contributed by atoms with Crippen molar-refractivity contribution in [3.05, 3.63) is 58.3 Å². The van der Waals surface area contributed by atoms with Crippen LogP contribution >= 0.6 is 0 Å². The third-order valence-electron chi connectivity index (χ3n) is 6.76. The van der Waals surface area contributed by atoms with Gasteiger partial charge in [-0.2, -0.15) is 13.2 Å². The van der Waals surface area contributed by atoms with Crippen LogP contribution in [0.3, 0.4) is 0 Å². The minimum absolute atomic E-state index is 0.0855. The summed E-state index contributed by atoms with van der Waals surface area (Å²) in [5, 5.41) is 2.51. The van der Waals surface area contributed by atoms with Gasteiger partial charge in [-0.25, -0.2) is 4.98 Å². The summed E-state index contributed by atoms with van der Waals surface area (Å²) in [6, 6.07) is 6.12. The fourth-order valence-corrected chi connectivity index (χ4v) is 4.87. The number of fused-ring (bicyclic) bond motifs is 1. The number of alkyl halides is 3. The molecule has 1 atom stereocenters. The molecule has 2 aromatic rings. The van der Waals surface area contributed by atoms with Crippen LogP contribution < -0.4 is 11.1 Å². The molecule has 3 heterocycles. The maximum Gasteiger partial charge on any atom is 0.416 e. The van der Waals surface area contributed by atoms with Gasteiger partial charge < -0.3 is 16.0 Å². The molecule has 0 unspecified atom stereocenters. The Hall–Kier alpha value is -3.02. The number of amides is 2. The number of hydrogen-bond acceptors (Lipinski definition) is 6. The molecule has 8 nitrogen and oxygen atoms in total. The zero-order valence-electron chi connectivity index (χ0n) is 20.4. The van der Waals surface area contributed by atoms with Crippen LogP contribution in [0.1, 0.15) is 45.5 Å². The third kappa shape index (κ3) is 6.21. The van der Waals surface area contributed by atoms with Crippen LogP contribution in [0.25, 0.3) is 0 Å². The standard InChI is InChI=1S/C25H31F3N6O2/c1-16-12-34(15-22(29)35)13-18-9-17(3-4-20(16)18)24(36)31-23-10-21(25(26,27)28)19(11-30-23)14-33-7-5-32(2)6-8-33/h3-4,9-11,16H,5-8,12-15H2,1-2H3,(H2,29,35)(H,30,31,36)/t16-/m0/s1. The summed E-state index contributed by atoms with van der Waals surface area (Å²) in [4.78, 5) is 34.4. The second-order valence-corrected chi connectivity index (χ2v) is 9.71. The Morgan fingerprint density at radius 2 is 1.86 bits per heavy atom. The van der Waals surface area contributed by atoms with Crippen LogP contribution in [0.15, 0.2) is 30.5 Å². The van der Waals surface area contributed by atoms with Gasteiger partial charge in [-0.15, -0.1) is 0 Å². The zero-order valence-corrected chi connectivity index (χ0v) is 20.4. The van der Waals surface area contributed by atoms with Crippen LogP contribution in [0.4, 0.5) is 19.0 Å². The van der Waals surface area contributed by atoms with Crippen molar-refractivity contribution >= 4 is 17.6 Å². The molecule has 0 bridgehead atoms. The lowest BCUT2D eigenvalue weighted by molar-refractivity contribution is -0.138. The second kappa shape index (κ2) is 10.5. The molecule has 1 aromatic heterocycles. The van der Waals surface area contributed by atoms with E-state index in [2.05, 4.69) is 15.2 Å². The Bertz CT molecular complexity index is 1130. The van der Waals surface area contributed by atoms with Gasteiger partial charge in [0.1, 0.15) is 5.82 Å². The van der Waals surface area contributed by atoms with E-state index in [9.17, 15) is 22.8 Å². The molecule has 2 aliphatic heterocycles. The highest BCUT2D eigenvalue weighted by molar-refractivity contribution is 6.04. The van der Waals surface area contributed by atoms with Crippen LogP contribution in [-0.2, 0) is 24.1 Å². The lowest BCUT2D eigenvalue weighted by Crippen LogP contribution is -2.44. The van der Waals surface area contributed by atoms with Crippen LogP contribution in [0.5, 0.6) is 0 Å². The number of likely N-dealkylation sites (N-methyl/N-ethyl adjacent to an activating group) is 1. The SMILES string of the molecule is C[C@H]1CN(CC(N)=O)Cc2cc(C(=O)Nc3cc(C(F)(F)F)c(CN4CCN(C)CC4)cn3)ccc21. The minimum atomic E-state index is -4.57. The van der Waals surface area contributed by atoms with E-state index in [0.29, 0.717) is 31.7 Å². The van der Waals surface area contributed by atoms with E-state index in [4.69, 9.17) is 5.73 Å². The topological polar surface area (TPSA) is 94.8 Å². The third-order valence-corrected chi connectivity index (χ3v) is 6.76. The number of hydrogen-bond donors (Lipinski definition) is 2. The quantitative estimate of drug-likeness (QED) is 0.628. The number of anilines is 1. The first-order valence-electron chi connectivity index (χ1n) is 11.9. The Labute approximate surface area is 208 Å². The first-order valence-corrected chi connectivity index (χ1v) is 11.9. The van der Waals surface area contributed by atoms with E-state index in [1.165, 1.54) is 6.20 Å². The van der Waals surface area contributed by atoms with Gasteiger partial charge in [0.2, 0.25) is 5.91 Å². The number of benzene rings is 1. The van der Waals surface area contributed by atoms with Gasteiger partial charge in [-0.3, -0.25) is 19.4 Å². The molecule has 2 aliphatic rings. The summed E-state index contributed by atoms with van der Waals surface area (Å²) < 4.78 is 41.6. The molecule has 1 aromatic carbocycles. The molecule has 0 aliphatic carbocycles. The van der Waals surface area contributed by atoms with Gasteiger partial charge >= 0.3 is 6.18 Å². The van der Waals surface area contributed by atoms with E-state index in [0.717, 1.165) is 30.3 Å². The number of carbonyl (C=O) groups is 2. The summed E-state index contributed by atoms with van der Waals surface area (Å²) >= 11 is 0. The highest BCUT2D eigenvalue weighted by Gasteiger charge is 2.35. The van der Waals surface area contributed by atoms with Gasteiger partial charge in [-0.05, 0) is 47.9 Å². The van der Waals surface area contributed by atoms with Gasteiger partial charge in [0.25, 0.3) is 5.91 Å². The first kappa shape index (κ1) is 26.1. The molecule has 11 heteroatoms. The summed E-state index contributed by atoms with van der Waals surface area (Å²) in [6.07, 6.45) is -3.37. The minimum Gasteiger partial charge on any atom is -0.369 e. The van der Waals surface area contributed by atoms with Gasteiger partial charge in [0.15, 0.2) is 0 Å². The smallest absolute Gasteiger partial charge is 0.369 e. The van der Waals surface area contributed by atoms with Crippen molar-refractivity contribution < 1.29 is 22.8 Å². The molecule has 3 N–H and O–H groups in total. The molecule has 1 fully saturated rings. The number of carbonyl (C=O) groups excluding carboxylic acids is 2. The normalized spacial score (nSPS) is 19.6. The van der Waals surface area contributed by atoms with Crippen LogP contribution in [0.2, 0.25) is 0 Å². The molecular formula is C25H31F3N6O2. The van der Waals surface area contributed by atoms with Crippen molar-refractivity contribution in [2.45, 2.75) is 32.1 Å². The average Bonchev–Trinajstić information content (AvgIpc) is 2.80. The van der Waals surface area contributed by atoms with E-state index < -0.39 is 23.6 Å². The van der Waals surface area contributed by atoms with Gasteiger partial charge in [0.05, 0.1) is 12.1 Å². The van der Waals surface area contributed by atoms with Crippen molar-refractivity contribution in [2.24, 2.45) is 5.73 Å². The Morgan fingerprint density at radius 1 is 1.14 bits per heavy atom. The Kier molecular flexibility index (Phi) is 7.62. The molecule has 0 radical (unpaired) electrons. The molecule has 0 spiro atoms. The maximum absolute atomic E-state index is 13.9. The highest BCUT2D eigenvalue weighted by Crippen LogP contribution is 2.34. The van der Waals surface area contributed by atoms with Crippen molar-refractivity contribution in [2.75, 3.05) is 51.6 Å². The number of rotatable bonds is 6. The maximum atomic E-state index is 13.9. The number of aromatic nitrogens is 1. The molecule has 2 amide bonds. The van der Waals surface area contributed by atoms with E-state index in [1.807, 2.05) is 29.8 Å². The van der Waals surface area contributed by atoms with Gasteiger partial charge in [-0.1, -0.05) is 13.0 Å². The molecule has 194 valence electrons. The van der Waals surface area contributed by atoms with E-state index in [-0.39, 0.29) is 30.4 Å². The molecule has 1 saturated heterocycles. The van der Waals surface area contributed by atoms with Crippen LogP contribution in [-0.4, -0.2) is 77.8 Å². The van der Waals surface area contributed by atoms with Crippen molar-refractivity contribution in [1.82, 2.24) is 19.7 Å². The predicted octanol–water partition coefficient (Wildman–Crippen LogP) is 2.50. The number of nitrogens with one attached hydrogen (secondary N) is 1. The number of piperazine rings is 1. The Balaban J connectivity index is 1.51. The average molecular weight is 505 g/mol. The fraction of sp³-hybridized carbons (Fsp3) is 0.480. The summed E-state index contributed by atoms with van der Waals surface area (Å²) in [6.45, 7) is 6.37. The summed E-state index contributed by atoms with van der Waals surface area (Å²) in [5.74, 6) is -0.989. The van der Waals surface area contributed by atoms with Crippen LogP contribution in [0, 0.1) is 0 Å². The summed E-state index contributed by atoms with van der Waals surface area (Å²) in [5.41, 5.74) is 6.87. The number of primary amides is 1. The lowest BCUT2D eigenvalue weighted by atomic mass is 9.89. The number of halogens is 3.